The zero-order valence-corrected chi connectivity index (χ0v) is 13.3. The van der Waals surface area contributed by atoms with Gasteiger partial charge in [-0.05, 0) is 18.8 Å². The van der Waals surface area contributed by atoms with E-state index in [1.807, 2.05) is 0 Å². The van der Waals surface area contributed by atoms with Gasteiger partial charge in [0.25, 0.3) is 0 Å². The third-order valence-electron chi connectivity index (χ3n) is 4.52. The molecule has 0 radical (unpaired) electrons. The Hall–Kier alpha value is -1.11. The van der Waals surface area contributed by atoms with E-state index in [2.05, 4.69) is 5.32 Å². The standard InChI is InChI=1S/C14H24N2O4S/c1-2-21(19,20)9-8-16-12(17)10-15-14(18)13(16)11-6-4-3-5-7-11/h11,13H,2-10H2,1H3,(H,15,18). The van der Waals surface area contributed by atoms with E-state index >= 15 is 0 Å². The Kier molecular flexibility index (Phi) is 5.24. The minimum absolute atomic E-state index is 0.0196. The second-order valence-corrected chi connectivity index (χ2v) is 8.36. The highest BCUT2D eigenvalue weighted by molar-refractivity contribution is 7.91. The number of sulfone groups is 1. The topological polar surface area (TPSA) is 83.6 Å². The summed E-state index contributed by atoms with van der Waals surface area (Å²) >= 11 is 0. The van der Waals surface area contributed by atoms with Gasteiger partial charge in [0.05, 0.1) is 12.3 Å². The van der Waals surface area contributed by atoms with Crippen molar-refractivity contribution in [3.63, 3.8) is 0 Å². The molecular weight excluding hydrogens is 292 g/mol. The van der Waals surface area contributed by atoms with Crippen molar-refractivity contribution in [1.29, 1.82) is 0 Å². The van der Waals surface area contributed by atoms with Gasteiger partial charge in [-0.3, -0.25) is 9.59 Å². The zero-order valence-electron chi connectivity index (χ0n) is 12.5. The number of piperazine rings is 1. The van der Waals surface area contributed by atoms with Gasteiger partial charge in [-0.25, -0.2) is 8.42 Å². The normalized spacial score (nSPS) is 25.0. The van der Waals surface area contributed by atoms with Crippen LogP contribution >= 0.6 is 0 Å². The Morgan fingerprint density at radius 3 is 2.48 bits per heavy atom. The van der Waals surface area contributed by atoms with Crippen LogP contribution in [0.3, 0.4) is 0 Å². The van der Waals surface area contributed by atoms with Gasteiger partial charge in [0, 0.05) is 12.3 Å². The highest BCUT2D eigenvalue weighted by Crippen LogP contribution is 2.30. The number of rotatable bonds is 5. The number of nitrogens with one attached hydrogen (secondary N) is 1. The summed E-state index contributed by atoms with van der Waals surface area (Å²) in [6, 6.07) is -0.487. The fourth-order valence-electron chi connectivity index (χ4n) is 3.23. The predicted octanol–water partition coefficient (Wildman–Crippen LogP) is 0.328. The molecule has 2 rings (SSSR count). The van der Waals surface area contributed by atoms with Crippen molar-refractivity contribution >= 4 is 21.7 Å². The first kappa shape index (κ1) is 16.3. The number of carbonyl (C=O) groups is 2. The lowest BCUT2D eigenvalue weighted by atomic mass is 9.82. The van der Waals surface area contributed by atoms with Crippen LogP contribution in [0.25, 0.3) is 0 Å². The molecule has 0 aromatic heterocycles. The van der Waals surface area contributed by atoms with Gasteiger partial charge in [0.15, 0.2) is 9.84 Å². The molecule has 6 nitrogen and oxygen atoms in total. The molecule has 2 amide bonds. The van der Waals surface area contributed by atoms with E-state index in [9.17, 15) is 18.0 Å². The Morgan fingerprint density at radius 1 is 1.19 bits per heavy atom. The molecule has 1 aliphatic heterocycles. The lowest BCUT2D eigenvalue weighted by Gasteiger charge is -2.40. The molecule has 0 spiro atoms. The maximum absolute atomic E-state index is 12.2. The Bertz CT molecular complexity index is 497. The van der Waals surface area contributed by atoms with Gasteiger partial charge in [0.1, 0.15) is 6.04 Å². The summed E-state index contributed by atoms with van der Waals surface area (Å²) in [4.78, 5) is 25.8. The summed E-state index contributed by atoms with van der Waals surface area (Å²) in [5.41, 5.74) is 0. The van der Waals surface area contributed by atoms with Gasteiger partial charge >= 0.3 is 0 Å². The van der Waals surface area contributed by atoms with Gasteiger partial charge in [0.2, 0.25) is 11.8 Å². The number of hydrogen-bond acceptors (Lipinski definition) is 4. The van der Waals surface area contributed by atoms with Crippen LogP contribution in [0.1, 0.15) is 39.0 Å². The van der Waals surface area contributed by atoms with Gasteiger partial charge in [-0.2, -0.15) is 0 Å². The average molecular weight is 316 g/mol. The fraction of sp³-hybridized carbons (Fsp3) is 0.857. The van der Waals surface area contributed by atoms with E-state index in [-0.39, 0.29) is 42.3 Å². The predicted molar refractivity (Wildman–Crippen MR) is 79.4 cm³/mol. The molecule has 1 N–H and O–H groups in total. The van der Waals surface area contributed by atoms with Crippen molar-refractivity contribution in [2.45, 2.75) is 45.1 Å². The van der Waals surface area contributed by atoms with E-state index in [1.54, 1.807) is 6.92 Å². The summed E-state index contributed by atoms with van der Waals surface area (Å²) in [7, 11) is -3.14. The molecule has 1 atom stereocenters. The third kappa shape index (κ3) is 3.96. The average Bonchev–Trinajstić information content (AvgIpc) is 2.49. The Morgan fingerprint density at radius 2 is 1.86 bits per heavy atom. The summed E-state index contributed by atoms with van der Waals surface area (Å²) < 4.78 is 23.3. The second kappa shape index (κ2) is 6.77. The van der Waals surface area contributed by atoms with Crippen LogP contribution in [0.4, 0.5) is 0 Å². The van der Waals surface area contributed by atoms with E-state index in [1.165, 1.54) is 11.3 Å². The summed E-state index contributed by atoms with van der Waals surface area (Å²) in [5.74, 6) is -0.139. The first-order valence-electron chi connectivity index (χ1n) is 7.72. The SMILES string of the molecule is CCS(=O)(=O)CCN1C(=O)CNC(=O)C1C1CCCCC1. The Balaban J connectivity index is 2.12. The zero-order chi connectivity index (χ0) is 15.5. The number of carbonyl (C=O) groups excluding carboxylic acids is 2. The van der Waals surface area contributed by atoms with Crippen molar-refractivity contribution in [2.75, 3.05) is 24.6 Å². The molecule has 1 unspecified atom stereocenters. The van der Waals surface area contributed by atoms with Crippen molar-refractivity contribution in [2.24, 2.45) is 5.92 Å². The molecule has 120 valence electrons. The molecule has 1 aliphatic carbocycles. The minimum atomic E-state index is -3.14. The van der Waals surface area contributed by atoms with Gasteiger partial charge in [-0.15, -0.1) is 0 Å². The first-order valence-corrected chi connectivity index (χ1v) is 9.54. The minimum Gasteiger partial charge on any atom is -0.345 e. The number of hydrogen-bond donors (Lipinski definition) is 1. The molecular formula is C14H24N2O4S. The van der Waals surface area contributed by atoms with E-state index in [4.69, 9.17) is 0 Å². The highest BCUT2D eigenvalue weighted by atomic mass is 32.2. The lowest BCUT2D eigenvalue weighted by molar-refractivity contribution is -0.148. The molecule has 0 bridgehead atoms. The van der Waals surface area contributed by atoms with Crippen LogP contribution in [0, 0.1) is 5.92 Å². The van der Waals surface area contributed by atoms with Crippen LogP contribution < -0.4 is 5.32 Å². The van der Waals surface area contributed by atoms with Crippen LogP contribution in [0.15, 0.2) is 0 Å². The van der Waals surface area contributed by atoms with E-state index in [0.29, 0.717) is 0 Å². The summed E-state index contributed by atoms with van der Waals surface area (Å²) in [6.45, 7) is 1.70. The van der Waals surface area contributed by atoms with Crippen LogP contribution in [0.5, 0.6) is 0 Å². The third-order valence-corrected chi connectivity index (χ3v) is 6.20. The molecule has 0 aromatic rings. The largest absolute Gasteiger partial charge is 0.345 e. The first-order chi connectivity index (χ1) is 9.94. The van der Waals surface area contributed by atoms with Gasteiger partial charge in [-0.1, -0.05) is 26.2 Å². The summed E-state index contributed by atoms with van der Waals surface area (Å²) in [5, 5.41) is 2.64. The molecule has 0 aromatic carbocycles. The van der Waals surface area contributed by atoms with Crippen LogP contribution in [-0.4, -0.2) is 55.8 Å². The second-order valence-electron chi connectivity index (χ2n) is 5.88. The quantitative estimate of drug-likeness (QED) is 0.792. The fourth-order valence-corrected chi connectivity index (χ4v) is 3.99. The van der Waals surface area contributed by atoms with E-state index in [0.717, 1.165) is 25.7 Å². The molecule has 2 aliphatic rings. The van der Waals surface area contributed by atoms with E-state index < -0.39 is 15.9 Å². The van der Waals surface area contributed by atoms with Crippen molar-refractivity contribution in [1.82, 2.24) is 10.2 Å². The van der Waals surface area contributed by atoms with Crippen LogP contribution in [0.2, 0.25) is 0 Å². The molecule has 1 heterocycles. The number of amides is 2. The molecule has 21 heavy (non-hydrogen) atoms. The molecule has 1 saturated heterocycles. The van der Waals surface area contributed by atoms with Crippen molar-refractivity contribution < 1.29 is 18.0 Å². The van der Waals surface area contributed by atoms with Crippen molar-refractivity contribution in [3.8, 4) is 0 Å². The maximum atomic E-state index is 12.2. The van der Waals surface area contributed by atoms with Gasteiger partial charge < -0.3 is 10.2 Å². The van der Waals surface area contributed by atoms with Crippen molar-refractivity contribution in [3.05, 3.63) is 0 Å². The lowest BCUT2D eigenvalue weighted by Crippen LogP contribution is -2.61. The van der Waals surface area contributed by atoms with Crippen LogP contribution in [-0.2, 0) is 19.4 Å². The molecule has 7 heteroatoms. The molecule has 2 fully saturated rings. The highest BCUT2D eigenvalue weighted by Gasteiger charge is 2.40. The smallest absolute Gasteiger partial charge is 0.243 e. The monoisotopic (exact) mass is 316 g/mol. The number of nitrogens with zero attached hydrogens (tertiary/aromatic N) is 1. The maximum Gasteiger partial charge on any atom is 0.243 e. The Labute approximate surface area is 126 Å². The summed E-state index contributed by atoms with van der Waals surface area (Å²) in [6.07, 6.45) is 5.18. The molecule has 1 saturated carbocycles.